The average Bonchev–Trinajstić information content (AvgIpc) is 2.84. The van der Waals surface area contributed by atoms with Crippen molar-refractivity contribution in [1.29, 1.82) is 0 Å². The molecule has 0 aliphatic rings. The normalized spacial score (nSPS) is 10.7. The van der Waals surface area contributed by atoms with Crippen molar-refractivity contribution >= 4 is 5.97 Å². The maximum atomic E-state index is 10.3. The van der Waals surface area contributed by atoms with Gasteiger partial charge in [0.25, 0.3) is 0 Å². The number of aliphatic carboxylic acids is 1. The van der Waals surface area contributed by atoms with Crippen molar-refractivity contribution in [2.75, 3.05) is 0 Å². The third-order valence-corrected chi connectivity index (χ3v) is 3.00. The first-order chi connectivity index (χ1) is 8.79. The predicted octanol–water partition coefficient (Wildman–Crippen LogP) is 2.87. The zero-order chi connectivity index (χ0) is 13.1. The molecule has 0 aromatic carbocycles. The van der Waals surface area contributed by atoms with E-state index >= 15 is 0 Å². The number of unbranched alkanes of at least 4 members (excludes halogenated alkanes) is 7. The fourth-order valence-electron chi connectivity index (χ4n) is 1.96. The Hall–Kier alpha value is -1.39. The Morgan fingerprint density at radius 2 is 1.61 bits per heavy atom. The monoisotopic (exact) mass is 253 g/mol. The van der Waals surface area contributed by atoms with Crippen molar-refractivity contribution in [3.05, 3.63) is 12.4 Å². The standard InChI is InChI=1S/C13H23N3O2/c17-13(18)9-7-5-3-1-2-4-6-8-11-16-12-10-14-15-16/h10,12H,1-9,11H2,(H,17,18). The number of rotatable bonds is 11. The van der Waals surface area contributed by atoms with Crippen molar-refractivity contribution < 1.29 is 9.90 Å². The largest absolute Gasteiger partial charge is 0.481 e. The van der Waals surface area contributed by atoms with E-state index in [4.69, 9.17) is 5.11 Å². The van der Waals surface area contributed by atoms with Gasteiger partial charge in [0.05, 0.1) is 6.20 Å². The summed E-state index contributed by atoms with van der Waals surface area (Å²) in [5.41, 5.74) is 0. The summed E-state index contributed by atoms with van der Waals surface area (Å²) in [5.74, 6) is -0.678. The molecule has 5 heteroatoms. The molecule has 1 rings (SSSR count). The predicted molar refractivity (Wildman–Crippen MR) is 69.2 cm³/mol. The van der Waals surface area contributed by atoms with Crippen molar-refractivity contribution in [1.82, 2.24) is 15.0 Å². The van der Waals surface area contributed by atoms with E-state index in [1.807, 2.05) is 10.9 Å². The lowest BCUT2D eigenvalue weighted by Gasteiger charge is -2.02. The van der Waals surface area contributed by atoms with Gasteiger partial charge in [-0.2, -0.15) is 0 Å². The molecule has 102 valence electrons. The van der Waals surface area contributed by atoms with E-state index in [1.165, 1.54) is 25.7 Å². The highest BCUT2D eigenvalue weighted by Gasteiger charge is 1.97. The van der Waals surface area contributed by atoms with Gasteiger partial charge in [-0.15, -0.1) is 5.10 Å². The van der Waals surface area contributed by atoms with Gasteiger partial charge in [-0.1, -0.05) is 43.7 Å². The minimum Gasteiger partial charge on any atom is -0.481 e. The minimum absolute atomic E-state index is 0.317. The van der Waals surface area contributed by atoms with E-state index < -0.39 is 5.97 Å². The molecule has 1 aromatic rings. The van der Waals surface area contributed by atoms with Crippen LogP contribution in [-0.4, -0.2) is 26.1 Å². The Morgan fingerprint density at radius 1 is 1.00 bits per heavy atom. The van der Waals surface area contributed by atoms with Crippen LogP contribution in [-0.2, 0) is 11.3 Å². The van der Waals surface area contributed by atoms with Gasteiger partial charge in [-0.25, -0.2) is 0 Å². The van der Waals surface area contributed by atoms with Crippen molar-refractivity contribution in [3.8, 4) is 0 Å². The fourth-order valence-corrected chi connectivity index (χ4v) is 1.96. The quantitative estimate of drug-likeness (QED) is 0.616. The highest BCUT2D eigenvalue weighted by Crippen LogP contribution is 2.10. The molecule has 0 saturated heterocycles. The Balaban J connectivity index is 1.77. The molecule has 0 amide bonds. The zero-order valence-corrected chi connectivity index (χ0v) is 10.9. The number of hydrogen-bond acceptors (Lipinski definition) is 3. The molecule has 1 aromatic heterocycles. The number of carbonyl (C=O) groups is 1. The lowest BCUT2D eigenvalue weighted by atomic mass is 10.1. The second-order valence-corrected chi connectivity index (χ2v) is 4.64. The van der Waals surface area contributed by atoms with Crippen LogP contribution in [0, 0.1) is 0 Å². The van der Waals surface area contributed by atoms with E-state index in [1.54, 1.807) is 6.20 Å². The summed E-state index contributed by atoms with van der Waals surface area (Å²) in [6.07, 6.45) is 13.1. The van der Waals surface area contributed by atoms with Crippen LogP contribution < -0.4 is 0 Å². The van der Waals surface area contributed by atoms with Crippen LogP contribution in [0.3, 0.4) is 0 Å². The molecule has 0 bridgehead atoms. The topological polar surface area (TPSA) is 68.0 Å². The summed E-state index contributed by atoms with van der Waals surface area (Å²) in [4.78, 5) is 10.3. The van der Waals surface area contributed by atoms with Crippen LogP contribution >= 0.6 is 0 Å². The molecule has 0 aliphatic carbocycles. The molecule has 1 N–H and O–H groups in total. The highest BCUT2D eigenvalue weighted by atomic mass is 16.4. The molecule has 5 nitrogen and oxygen atoms in total. The first-order valence-electron chi connectivity index (χ1n) is 6.85. The highest BCUT2D eigenvalue weighted by molar-refractivity contribution is 5.66. The van der Waals surface area contributed by atoms with Crippen molar-refractivity contribution in [3.63, 3.8) is 0 Å². The number of aromatic nitrogens is 3. The smallest absolute Gasteiger partial charge is 0.303 e. The first kappa shape index (κ1) is 14.7. The van der Waals surface area contributed by atoms with E-state index in [2.05, 4.69) is 10.3 Å². The molecule has 18 heavy (non-hydrogen) atoms. The third kappa shape index (κ3) is 7.81. The van der Waals surface area contributed by atoms with E-state index in [0.29, 0.717) is 6.42 Å². The van der Waals surface area contributed by atoms with E-state index in [0.717, 1.165) is 32.2 Å². The molecular weight excluding hydrogens is 230 g/mol. The van der Waals surface area contributed by atoms with Gasteiger partial charge in [-0.3, -0.25) is 9.48 Å². The molecule has 0 radical (unpaired) electrons. The summed E-state index contributed by atoms with van der Waals surface area (Å²) in [7, 11) is 0. The molecule has 0 atom stereocenters. The third-order valence-electron chi connectivity index (χ3n) is 3.00. The lowest BCUT2D eigenvalue weighted by Crippen LogP contribution is -1.98. The van der Waals surface area contributed by atoms with Crippen LogP contribution in [0.15, 0.2) is 12.4 Å². The number of nitrogens with zero attached hydrogens (tertiary/aromatic N) is 3. The molecular formula is C13H23N3O2. The number of hydrogen-bond donors (Lipinski definition) is 1. The summed E-state index contributed by atoms with van der Waals surface area (Å²) in [6.45, 7) is 0.957. The number of aryl methyl sites for hydroxylation is 1. The Kier molecular flexibility index (Phi) is 7.84. The molecule has 0 spiro atoms. The lowest BCUT2D eigenvalue weighted by molar-refractivity contribution is -0.137. The Bertz CT molecular complexity index is 312. The van der Waals surface area contributed by atoms with Gasteiger partial charge < -0.3 is 5.11 Å². The average molecular weight is 253 g/mol. The summed E-state index contributed by atoms with van der Waals surface area (Å²) in [5, 5.41) is 16.2. The van der Waals surface area contributed by atoms with Crippen molar-refractivity contribution in [2.45, 2.75) is 64.3 Å². The maximum absolute atomic E-state index is 10.3. The van der Waals surface area contributed by atoms with Crippen LogP contribution in [0.25, 0.3) is 0 Å². The van der Waals surface area contributed by atoms with Crippen LogP contribution in [0.1, 0.15) is 57.8 Å². The molecule has 0 unspecified atom stereocenters. The summed E-state index contributed by atoms with van der Waals surface area (Å²) in [6, 6.07) is 0. The van der Waals surface area contributed by atoms with Gasteiger partial charge in [0.1, 0.15) is 0 Å². The number of carboxylic acids is 1. The van der Waals surface area contributed by atoms with Gasteiger partial charge in [0, 0.05) is 19.2 Å². The number of carboxylic acid groups (broad SMARTS) is 1. The molecule has 0 aliphatic heterocycles. The van der Waals surface area contributed by atoms with Crippen LogP contribution in [0.4, 0.5) is 0 Å². The second kappa shape index (κ2) is 9.62. The minimum atomic E-state index is -0.678. The van der Waals surface area contributed by atoms with E-state index in [-0.39, 0.29) is 0 Å². The van der Waals surface area contributed by atoms with Crippen LogP contribution in [0.5, 0.6) is 0 Å². The molecule has 0 saturated carbocycles. The summed E-state index contributed by atoms with van der Waals surface area (Å²) >= 11 is 0. The molecule has 1 heterocycles. The first-order valence-corrected chi connectivity index (χ1v) is 6.85. The van der Waals surface area contributed by atoms with Gasteiger partial charge in [0.15, 0.2) is 0 Å². The summed E-state index contributed by atoms with van der Waals surface area (Å²) < 4.78 is 1.87. The zero-order valence-electron chi connectivity index (χ0n) is 10.9. The van der Waals surface area contributed by atoms with Gasteiger partial charge in [-0.05, 0) is 12.8 Å². The van der Waals surface area contributed by atoms with Crippen LogP contribution in [0.2, 0.25) is 0 Å². The molecule has 0 fully saturated rings. The second-order valence-electron chi connectivity index (χ2n) is 4.64. The SMILES string of the molecule is O=C(O)CCCCCCCCCCn1ccnn1. The Labute approximate surface area is 108 Å². The van der Waals surface area contributed by atoms with Crippen molar-refractivity contribution in [2.24, 2.45) is 0 Å². The Morgan fingerprint density at radius 3 is 2.17 bits per heavy atom. The fraction of sp³-hybridized carbons (Fsp3) is 0.769. The van der Waals surface area contributed by atoms with E-state index in [9.17, 15) is 4.79 Å². The van der Waals surface area contributed by atoms with Gasteiger partial charge in [0.2, 0.25) is 0 Å². The maximum Gasteiger partial charge on any atom is 0.303 e. The van der Waals surface area contributed by atoms with Gasteiger partial charge >= 0.3 is 5.97 Å².